The quantitative estimate of drug-likeness (QED) is 0.882. The van der Waals surface area contributed by atoms with Gasteiger partial charge in [-0.1, -0.05) is 11.6 Å². The van der Waals surface area contributed by atoms with Gasteiger partial charge < -0.3 is 5.11 Å². The van der Waals surface area contributed by atoms with Crippen molar-refractivity contribution in [1.29, 1.82) is 0 Å². The zero-order valence-corrected chi connectivity index (χ0v) is 12.4. The number of benzene rings is 1. The molecule has 1 heterocycles. The number of halogens is 1. The van der Waals surface area contributed by atoms with E-state index in [4.69, 9.17) is 16.7 Å². The molecule has 0 aliphatic rings. The Kier molecular flexibility index (Phi) is 4.44. The maximum absolute atomic E-state index is 12.1. The van der Waals surface area contributed by atoms with E-state index < -0.39 is 16.0 Å². The summed E-state index contributed by atoms with van der Waals surface area (Å²) >= 11 is 7.21. The highest BCUT2D eigenvalue weighted by atomic mass is 35.5. The third kappa shape index (κ3) is 3.57. The van der Waals surface area contributed by atoms with Crippen molar-refractivity contribution in [2.45, 2.75) is 11.4 Å². The van der Waals surface area contributed by atoms with Gasteiger partial charge in [-0.3, -0.25) is 0 Å². The molecule has 0 atom stereocenters. The smallest absolute Gasteiger partial charge is 0.335 e. The fraction of sp³-hybridized carbons (Fsp3) is 0.0833. The Morgan fingerprint density at radius 1 is 1.35 bits per heavy atom. The molecular weight excluding hydrogens is 322 g/mol. The molecule has 0 unspecified atom stereocenters. The fourth-order valence-electron chi connectivity index (χ4n) is 1.50. The second-order valence-corrected chi connectivity index (χ2v) is 6.92. The van der Waals surface area contributed by atoms with Gasteiger partial charge in [0.15, 0.2) is 0 Å². The first-order valence-corrected chi connectivity index (χ1v) is 8.23. The van der Waals surface area contributed by atoms with Crippen LogP contribution in [0.3, 0.4) is 0 Å². The molecule has 0 aliphatic heterocycles. The molecule has 2 N–H and O–H groups in total. The molecule has 0 spiro atoms. The van der Waals surface area contributed by atoms with Gasteiger partial charge in [0, 0.05) is 11.6 Å². The standard InChI is InChI=1S/C12H10ClNO4S2/c13-10-3-9(12(15)16)4-11(5-10)20(17,18)14-6-8-1-2-19-7-8/h1-5,7,14H,6H2,(H,15,16). The third-order valence-corrected chi connectivity index (χ3v) is 4.81. The van der Waals surface area contributed by atoms with Crippen molar-refractivity contribution < 1.29 is 18.3 Å². The summed E-state index contributed by atoms with van der Waals surface area (Å²) in [6.45, 7) is 0.140. The summed E-state index contributed by atoms with van der Waals surface area (Å²) < 4.78 is 26.6. The lowest BCUT2D eigenvalue weighted by Crippen LogP contribution is -2.23. The summed E-state index contributed by atoms with van der Waals surface area (Å²) in [7, 11) is -3.81. The first-order valence-electron chi connectivity index (χ1n) is 5.43. The fourth-order valence-corrected chi connectivity index (χ4v) is 3.55. The molecule has 0 amide bonds. The van der Waals surface area contributed by atoms with Crippen molar-refractivity contribution in [3.05, 3.63) is 51.2 Å². The number of nitrogens with one attached hydrogen (secondary N) is 1. The van der Waals surface area contributed by atoms with Gasteiger partial charge in [0.05, 0.1) is 10.5 Å². The van der Waals surface area contributed by atoms with Crippen molar-refractivity contribution in [1.82, 2.24) is 4.72 Å². The van der Waals surface area contributed by atoms with E-state index in [0.29, 0.717) is 0 Å². The lowest BCUT2D eigenvalue weighted by molar-refractivity contribution is 0.0696. The summed E-state index contributed by atoms with van der Waals surface area (Å²) in [6.07, 6.45) is 0. The van der Waals surface area contributed by atoms with Crippen LogP contribution in [0.5, 0.6) is 0 Å². The number of hydrogen-bond donors (Lipinski definition) is 2. The Balaban J connectivity index is 2.27. The van der Waals surface area contributed by atoms with Gasteiger partial charge in [0.1, 0.15) is 0 Å². The monoisotopic (exact) mass is 331 g/mol. The highest BCUT2D eigenvalue weighted by molar-refractivity contribution is 7.89. The van der Waals surface area contributed by atoms with Crippen LogP contribution in [-0.4, -0.2) is 19.5 Å². The van der Waals surface area contributed by atoms with E-state index in [1.54, 1.807) is 6.07 Å². The van der Waals surface area contributed by atoms with Crippen LogP contribution in [0.2, 0.25) is 5.02 Å². The molecule has 0 bridgehead atoms. The summed E-state index contributed by atoms with van der Waals surface area (Å²) in [6, 6.07) is 5.28. The van der Waals surface area contributed by atoms with Crippen molar-refractivity contribution in [3.63, 3.8) is 0 Å². The van der Waals surface area contributed by atoms with Crippen LogP contribution < -0.4 is 4.72 Å². The predicted molar refractivity (Wildman–Crippen MR) is 76.8 cm³/mol. The lowest BCUT2D eigenvalue weighted by atomic mass is 10.2. The molecule has 2 rings (SSSR count). The Bertz CT molecular complexity index is 726. The van der Waals surface area contributed by atoms with Crippen LogP contribution in [0, 0.1) is 0 Å². The van der Waals surface area contributed by atoms with Crippen LogP contribution in [-0.2, 0) is 16.6 Å². The SMILES string of the molecule is O=C(O)c1cc(Cl)cc(S(=O)(=O)NCc2ccsc2)c1. The van der Waals surface area contributed by atoms with E-state index in [9.17, 15) is 13.2 Å². The van der Waals surface area contributed by atoms with Gasteiger partial charge in [-0.2, -0.15) is 11.3 Å². The van der Waals surface area contributed by atoms with Crippen molar-refractivity contribution >= 4 is 38.9 Å². The summed E-state index contributed by atoms with van der Waals surface area (Å²) in [5.41, 5.74) is 0.660. The maximum atomic E-state index is 12.1. The number of thiophene rings is 1. The molecule has 20 heavy (non-hydrogen) atoms. The predicted octanol–water partition coefficient (Wildman–Crippen LogP) is 2.58. The minimum Gasteiger partial charge on any atom is -0.478 e. The molecule has 1 aromatic carbocycles. The Morgan fingerprint density at radius 2 is 2.10 bits per heavy atom. The van der Waals surface area contributed by atoms with Gasteiger partial charge in [-0.05, 0) is 40.6 Å². The summed E-state index contributed by atoms with van der Waals surface area (Å²) in [5, 5.41) is 12.6. The van der Waals surface area contributed by atoms with E-state index in [0.717, 1.165) is 11.6 Å². The topological polar surface area (TPSA) is 83.5 Å². The summed E-state index contributed by atoms with van der Waals surface area (Å²) in [5.74, 6) is -1.23. The normalized spacial score (nSPS) is 11.4. The molecule has 0 saturated heterocycles. The van der Waals surface area contributed by atoms with E-state index in [2.05, 4.69) is 4.72 Å². The van der Waals surface area contributed by atoms with Crippen LogP contribution >= 0.6 is 22.9 Å². The number of carboxylic acids is 1. The van der Waals surface area contributed by atoms with Crippen molar-refractivity contribution in [3.8, 4) is 0 Å². The van der Waals surface area contributed by atoms with Gasteiger partial charge in [0.25, 0.3) is 0 Å². The van der Waals surface area contributed by atoms with Crippen LogP contribution in [0.15, 0.2) is 39.9 Å². The first kappa shape index (κ1) is 15.0. The molecule has 0 aliphatic carbocycles. The van der Waals surface area contributed by atoms with Gasteiger partial charge in [0.2, 0.25) is 10.0 Å². The van der Waals surface area contributed by atoms with E-state index in [1.807, 2.05) is 10.8 Å². The minimum absolute atomic E-state index is 0.0563. The molecule has 0 radical (unpaired) electrons. The highest BCUT2D eigenvalue weighted by Crippen LogP contribution is 2.19. The number of hydrogen-bond acceptors (Lipinski definition) is 4. The molecule has 1 aromatic heterocycles. The maximum Gasteiger partial charge on any atom is 0.335 e. The number of carbonyl (C=O) groups is 1. The zero-order valence-electron chi connectivity index (χ0n) is 10.0. The number of sulfonamides is 1. The second kappa shape index (κ2) is 5.92. The molecule has 0 saturated carbocycles. The molecule has 5 nitrogen and oxygen atoms in total. The second-order valence-electron chi connectivity index (χ2n) is 3.94. The third-order valence-electron chi connectivity index (χ3n) is 2.47. The van der Waals surface area contributed by atoms with E-state index in [1.165, 1.54) is 23.5 Å². The molecular formula is C12H10ClNO4S2. The number of carboxylic acid groups (broad SMARTS) is 1. The van der Waals surface area contributed by atoms with E-state index in [-0.39, 0.29) is 22.0 Å². The average Bonchev–Trinajstić information content (AvgIpc) is 2.89. The first-order chi connectivity index (χ1) is 9.38. The Morgan fingerprint density at radius 3 is 2.70 bits per heavy atom. The van der Waals surface area contributed by atoms with E-state index >= 15 is 0 Å². The van der Waals surface area contributed by atoms with Crippen LogP contribution in [0.1, 0.15) is 15.9 Å². The summed E-state index contributed by atoms with van der Waals surface area (Å²) in [4.78, 5) is 10.7. The lowest BCUT2D eigenvalue weighted by Gasteiger charge is -2.07. The van der Waals surface area contributed by atoms with Gasteiger partial charge in [-0.25, -0.2) is 17.9 Å². The van der Waals surface area contributed by atoms with Gasteiger partial charge >= 0.3 is 5.97 Å². The molecule has 8 heteroatoms. The average molecular weight is 332 g/mol. The van der Waals surface area contributed by atoms with Crippen LogP contribution in [0.25, 0.3) is 0 Å². The minimum atomic E-state index is -3.81. The largest absolute Gasteiger partial charge is 0.478 e. The zero-order chi connectivity index (χ0) is 14.8. The van der Waals surface area contributed by atoms with Crippen molar-refractivity contribution in [2.75, 3.05) is 0 Å². The van der Waals surface area contributed by atoms with Crippen LogP contribution in [0.4, 0.5) is 0 Å². The molecule has 0 fully saturated rings. The number of aromatic carboxylic acids is 1. The molecule has 2 aromatic rings. The Hall–Kier alpha value is -1.41. The number of rotatable bonds is 5. The highest BCUT2D eigenvalue weighted by Gasteiger charge is 2.17. The van der Waals surface area contributed by atoms with Crippen molar-refractivity contribution in [2.24, 2.45) is 0 Å². The molecule has 106 valence electrons. The Labute approximate surface area is 124 Å². The van der Waals surface area contributed by atoms with Gasteiger partial charge in [-0.15, -0.1) is 0 Å².